The van der Waals surface area contributed by atoms with Crippen molar-refractivity contribution in [2.75, 3.05) is 12.4 Å². The van der Waals surface area contributed by atoms with Crippen molar-refractivity contribution < 1.29 is 12.7 Å². The van der Waals surface area contributed by atoms with Crippen molar-refractivity contribution in [2.24, 2.45) is 0 Å². The minimum atomic E-state index is -3.42. The molecule has 0 saturated carbocycles. The van der Waals surface area contributed by atoms with Crippen LogP contribution in [0.4, 0.5) is 0 Å². The summed E-state index contributed by atoms with van der Waals surface area (Å²) in [5.41, 5.74) is 0. The van der Waals surface area contributed by atoms with Gasteiger partial charge in [0, 0.05) is 12.4 Å². The second-order valence-corrected chi connectivity index (χ2v) is 4.82. The molecular weight excluding hydrogens is 212 g/mol. The monoisotopic (exact) mass is 224 g/mol. The van der Waals surface area contributed by atoms with Crippen molar-refractivity contribution in [2.45, 2.75) is 13.3 Å². The molecule has 0 atom stereocenters. The summed E-state index contributed by atoms with van der Waals surface area (Å²) in [7, 11) is -3.42. The van der Waals surface area contributed by atoms with Gasteiger partial charge in [0.2, 0.25) is 0 Å². The zero-order valence-corrected chi connectivity index (χ0v) is 8.96. The Morgan fingerprint density at radius 3 is 2.69 bits per heavy atom. The van der Waals surface area contributed by atoms with E-state index in [0.717, 1.165) is 0 Å². The molecule has 0 radical (unpaired) electrons. The minimum absolute atomic E-state index is 0.0317. The number of nitrogens with zero attached hydrogens (tertiary/aromatic N) is 2. The SMILES string of the molecule is CCCS(=O)(=O)ON1C=CN(S)C1. The van der Waals surface area contributed by atoms with E-state index in [1.165, 1.54) is 15.6 Å². The molecule has 0 aromatic heterocycles. The predicted molar refractivity (Wildman–Crippen MR) is 51.8 cm³/mol. The lowest BCUT2D eigenvalue weighted by atomic mass is 10.6. The fourth-order valence-corrected chi connectivity index (χ4v) is 2.02. The Kier molecular flexibility index (Phi) is 3.46. The van der Waals surface area contributed by atoms with Crippen molar-refractivity contribution in [3.8, 4) is 0 Å². The third-order valence-corrected chi connectivity index (χ3v) is 2.94. The summed E-state index contributed by atoms with van der Waals surface area (Å²) in [6.07, 6.45) is 3.68. The van der Waals surface area contributed by atoms with Crippen molar-refractivity contribution in [1.29, 1.82) is 0 Å². The van der Waals surface area contributed by atoms with Crippen molar-refractivity contribution in [3.05, 3.63) is 12.4 Å². The third-order valence-electron chi connectivity index (χ3n) is 1.35. The maximum absolute atomic E-state index is 11.2. The van der Waals surface area contributed by atoms with Gasteiger partial charge in [-0.25, -0.2) is 5.06 Å². The molecule has 1 rings (SSSR count). The fourth-order valence-electron chi connectivity index (χ4n) is 0.870. The first-order chi connectivity index (χ1) is 6.03. The van der Waals surface area contributed by atoms with E-state index in [-0.39, 0.29) is 5.75 Å². The number of thiol groups is 1. The Morgan fingerprint density at radius 2 is 2.23 bits per heavy atom. The Hall–Kier alpha value is -0.400. The van der Waals surface area contributed by atoms with Crippen molar-refractivity contribution in [3.63, 3.8) is 0 Å². The van der Waals surface area contributed by atoms with Gasteiger partial charge in [0.1, 0.15) is 6.67 Å². The first-order valence-corrected chi connectivity index (χ1v) is 5.84. The quantitative estimate of drug-likeness (QED) is 0.707. The Labute approximate surface area is 83.6 Å². The lowest BCUT2D eigenvalue weighted by molar-refractivity contribution is -0.00296. The van der Waals surface area contributed by atoms with E-state index in [1.807, 2.05) is 0 Å². The maximum Gasteiger partial charge on any atom is 0.288 e. The normalized spacial score (nSPS) is 17.1. The Balaban J connectivity index is 2.46. The molecule has 0 N–H and O–H groups in total. The molecule has 5 nitrogen and oxygen atoms in total. The highest BCUT2D eigenvalue weighted by Gasteiger charge is 2.18. The molecule has 0 spiro atoms. The molecule has 0 saturated heterocycles. The summed E-state index contributed by atoms with van der Waals surface area (Å²) in [6, 6.07) is 0. The lowest BCUT2D eigenvalue weighted by Crippen LogP contribution is -2.25. The van der Waals surface area contributed by atoms with E-state index in [2.05, 4.69) is 12.8 Å². The maximum atomic E-state index is 11.2. The van der Waals surface area contributed by atoms with E-state index in [9.17, 15) is 8.42 Å². The molecule has 13 heavy (non-hydrogen) atoms. The molecule has 0 aromatic rings. The van der Waals surface area contributed by atoms with Crippen molar-refractivity contribution >= 4 is 22.9 Å². The van der Waals surface area contributed by atoms with E-state index in [1.54, 1.807) is 13.1 Å². The van der Waals surface area contributed by atoms with Gasteiger partial charge >= 0.3 is 0 Å². The third kappa shape index (κ3) is 3.45. The van der Waals surface area contributed by atoms with Crippen LogP contribution in [0.3, 0.4) is 0 Å². The first kappa shape index (κ1) is 10.7. The molecule has 0 unspecified atom stereocenters. The van der Waals surface area contributed by atoms with Gasteiger partial charge in [-0.05, 0) is 6.42 Å². The number of hydroxylamine groups is 2. The number of hydrogen-bond acceptors (Lipinski definition) is 6. The molecule has 0 aromatic carbocycles. The lowest BCUT2D eigenvalue weighted by Gasteiger charge is -2.15. The van der Waals surface area contributed by atoms with Gasteiger partial charge < -0.3 is 4.31 Å². The van der Waals surface area contributed by atoms with Crippen LogP contribution in [0, 0.1) is 0 Å². The molecule has 0 fully saturated rings. The molecule has 1 aliphatic rings. The highest BCUT2D eigenvalue weighted by molar-refractivity contribution is 7.86. The fraction of sp³-hybridized carbons (Fsp3) is 0.667. The van der Waals surface area contributed by atoms with Crippen LogP contribution in [0.2, 0.25) is 0 Å². The molecule has 0 amide bonds. The smallest absolute Gasteiger partial charge is 0.288 e. The van der Waals surface area contributed by atoms with Gasteiger partial charge in [0.05, 0.1) is 5.75 Å². The van der Waals surface area contributed by atoms with E-state index in [4.69, 9.17) is 4.28 Å². The zero-order valence-electron chi connectivity index (χ0n) is 7.25. The van der Waals surface area contributed by atoms with Crippen LogP contribution in [0.25, 0.3) is 0 Å². The Morgan fingerprint density at radius 1 is 1.54 bits per heavy atom. The van der Waals surface area contributed by atoms with Crippen LogP contribution in [0.5, 0.6) is 0 Å². The molecule has 1 heterocycles. The van der Waals surface area contributed by atoms with Crippen molar-refractivity contribution in [1.82, 2.24) is 9.37 Å². The number of hydrogen-bond donors (Lipinski definition) is 1. The number of rotatable bonds is 4. The van der Waals surface area contributed by atoms with Crippen LogP contribution in [0.15, 0.2) is 12.4 Å². The molecule has 0 aliphatic carbocycles. The average molecular weight is 224 g/mol. The van der Waals surface area contributed by atoms with Gasteiger partial charge in [-0.15, -0.1) is 4.28 Å². The molecule has 0 bridgehead atoms. The standard InChI is InChI=1S/C6H12N2O3S2/c1-2-5-13(9,10)11-7-3-4-8(12)6-7/h3-4,12H,2,5-6H2,1H3. The summed E-state index contributed by atoms with van der Waals surface area (Å²) >= 11 is 3.98. The van der Waals surface area contributed by atoms with E-state index < -0.39 is 10.1 Å². The van der Waals surface area contributed by atoms with Gasteiger partial charge in [-0.3, -0.25) is 0 Å². The van der Waals surface area contributed by atoms with E-state index >= 15 is 0 Å². The predicted octanol–water partition coefficient (Wildman–Crippen LogP) is 0.549. The van der Waals surface area contributed by atoms with Gasteiger partial charge in [0.25, 0.3) is 10.1 Å². The summed E-state index contributed by atoms with van der Waals surface area (Å²) < 4.78 is 28.6. The van der Waals surface area contributed by atoms with Crippen LogP contribution >= 0.6 is 12.8 Å². The largest absolute Gasteiger partial charge is 0.303 e. The summed E-state index contributed by atoms with van der Waals surface area (Å²) in [6.45, 7) is 2.09. The average Bonchev–Trinajstić information content (AvgIpc) is 2.34. The zero-order chi connectivity index (χ0) is 9.90. The molecular formula is C6H12N2O3S2. The summed E-state index contributed by atoms with van der Waals surface area (Å²) in [4.78, 5) is 0. The second kappa shape index (κ2) is 4.21. The highest BCUT2D eigenvalue weighted by Crippen LogP contribution is 2.11. The van der Waals surface area contributed by atoms with Gasteiger partial charge in [-0.2, -0.15) is 8.42 Å². The second-order valence-electron chi connectivity index (χ2n) is 2.63. The molecule has 7 heteroatoms. The van der Waals surface area contributed by atoms with Crippen LogP contribution in [-0.4, -0.2) is 30.2 Å². The molecule has 76 valence electrons. The molecule has 1 aliphatic heterocycles. The van der Waals surface area contributed by atoms with Crippen LogP contribution < -0.4 is 0 Å². The van der Waals surface area contributed by atoms with Gasteiger partial charge in [-0.1, -0.05) is 19.7 Å². The van der Waals surface area contributed by atoms with Crippen LogP contribution in [-0.2, 0) is 14.4 Å². The summed E-state index contributed by atoms with van der Waals surface area (Å²) in [5, 5.41) is 1.22. The van der Waals surface area contributed by atoms with E-state index in [0.29, 0.717) is 13.1 Å². The minimum Gasteiger partial charge on any atom is -0.303 e. The Bertz CT molecular complexity index is 288. The van der Waals surface area contributed by atoms with Gasteiger partial charge in [0.15, 0.2) is 0 Å². The first-order valence-electron chi connectivity index (χ1n) is 3.86. The highest BCUT2D eigenvalue weighted by atomic mass is 32.2. The summed E-state index contributed by atoms with van der Waals surface area (Å²) in [5.74, 6) is 0.0317. The van der Waals surface area contributed by atoms with Crippen LogP contribution in [0.1, 0.15) is 13.3 Å². The topological polar surface area (TPSA) is 49.9 Å².